The van der Waals surface area contributed by atoms with Crippen LogP contribution in [0, 0.1) is 0 Å². The van der Waals surface area contributed by atoms with E-state index in [1.54, 1.807) is 11.8 Å². The summed E-state index contributed by atoms with van der Waals surface area (Å²) in [5.74, 6) is 1.51. The molecule has 2 nitrogen and oxygen atoms in total. The van der Waals surface area contributed by atoms with Gasteiger partial charge in [-0.1, -0.05) is 6.92 Å². The second kappa shape index (κ2) is 6.26. The normalized spacial score (nSPS) is 13.7. The number of alkyl halides is 3. The molecule has 0 aliphatic carbocycles. The van der Waals surface area contributed by atoms with Crippen molar-refractivity contribution in [1.29, 1.82) is 0 Å². The maximum absolute atomic E-state index is 12.7. The molecule has 1 atom stereocenters. The van der Waals surface area contributed by atoms with E-state index in [0.717, 1.165) is 24.2 Å². The minimum absolute atomic E-state index is 0.142. The van der Waals surface area contributed by atoms with Crippen LogP contribution in [0.3, 0.4) is 0 Å². The van der Waals surface area contributed by atoms with Gasteiger partial charge < -0.3 is 5.11 Å². The van der Waals surface area contributed by atoms with Crippen LogP contribution < -0.4 is 0 Å². The SMILES string of the molecule is CCSCCC(O)c1cnccc1C(F)(F)F. The average Bonchev–Trinajstić information content (AvgIpc) is 2.28. The molecule has 0 aliphatic heterocycles. The van der Waals surface area contributed by atoms with Crippen molar-refractivity contribution in [3.63, 3.8) is 0 Å². The van der Waals surface area contributed by atoms with Crippen molar-refractivity contribution in [2.24, 2.45) is 0 Å². The van der Waals surface area contributed by atoms with Crippen LogP contribution in [0.15, 0.2) is 18.5 Å². The minimum atomic E-state index is -4.45. The lowest BCUT2D eigenvalue weighted by Gasteiger charge is -2.16. The number of aliphatic hydroxyl groups excluding tert-OH is 1. The zero-order chi connectivity index (χ0) is 12.9. The molecular weight excluding hydrogens is 251 g/mol. The average molecular weight is 265 g/mol. The predicted octanol–water partition coefficient (Wildman–Crippen LogP) is 3.28. The van der Waals surface area contributed by atoms with Crippen LogP contribution in [0.2, 0.25) is 0 Å². The van der Waals surface area contributed by atoms with Crippen molar-refractivity contribution < 1.29 is 18.3 Å². The van der Waals surface area contributed by atoms with Crippen LogP contribution in [0.25, 0.3) is 0 Å². The van der Waals surface area contributed by atoms with Crippen LogP contribution in [0.1, 0.15) is 30.6 Å². The quantitative estimate of drug-likeness (QED) is 0.829. The number of hydrogen-bond acceptors (Lipinski definition) is 3. The van der Waals surface area contributed by atoms with Gasteiger partial charge in [0, 0.05) is 18.0 Å². The van der Waals surface area contributed by atoms with Gasteiger partial charge in [0.05, 0.1) is 11.7 Å². The van der Waals surface area contributed by atoms with Crippen molar-refractivity contribution in [2.45, 2.75) is 25.6 Å². The van der Waals surface area contributed by atoms with E-state index in [-0.39, 0.29) is 5.56 Å². The van der Waals surface area contributed by atoms with Crippen LogP contribution in [-0.4, -0.2) is 21.6 Å². The molecular formula is C11H14F3NOS. The second-order valence-corrected chi connectivity index (χ2v) is 4.86. The number of thioether (sulfide) groups is 1. The van der Waals surface area contributed by atoms with E-state index in [4.69, 9.17) is 0 Å². The van der Waals surface area contributed by atoms with Crippen LogP contribution in [0.4, 0.5) is 13.2 Å². The Morgan fingerprint density at radius 1 is 1.47 bits per heavy atom. The van der Waals surface area contributed by atoms with Crippen LogP contribution in [0.5, 0.6) is 0 Å². The number of rotatable bonds is 5. The number of halogens is 3. The van der Waals surface area contributed by atoms with Crippen molar-refractivity contribution in [2.75, 3.05) is 11.5 Å². The monoisotopic (exact) mass is 265 g/mol. The van der Waals surface area contributed by atoms with E-state index in [1.165, 1.54) is 0 Å². The molecule has 0 bridgehead atoms. The van der Waals surface area contributed by atoms with Gasteiger partial charge in [0.1, 0.15) is 0 Å². The number of nitrogens with zero attached hydrogens (tertiary/aromatic N) is 1. The number of aliphatic hydroxyl groups is 1. The molecule has 1 unspecified atom stereocenters. The molecule has 1 aromatic rings. The van der Waals surface area contributed by atoms with Gasteiger partial charge in [0.25, 0.3) is 0 Å². The van der Waals surface area contributed by atoms with E-state index < -0.39 is 17.8 Å². The first-order valence-corrected chi connectivity index (χ1v) is 6.39. The Morgan fingerprint density at radius 2 is 2.18 bits per heavy atom. The summed E-state index contributed by atoms with van der Waals surface area (Å²) in [6.07, 6.45) is -3.09. The molecule has 96 valence electrons. The fraction of sp³-hybridized carbons (Fsp3) is 0.545. The maximum atomic E-state index is 12.7. The lowest BCUT2D eigenvalue weighted by Crippen LogP contribution is -2.13. The van der Waals surface area contributed by atoms with Crippen molar-refractivity contribution in [3.05, 3.63) is 29.6 Å². The lowest BCUT2D eigenvalue weighted by molar-refractivity contribution is -0.139. The smallest absolute Gasteiger partial charge is 0.388 e. The summed E-state index contributed by atoms with van der Waals surface area (Å²) in [4.78, 5) is 3.64. The summed E-state index contributed by atoms with van der Waals surface area (Å²) in [6.45, 7) is 1.96. The number of pyridine rings is 1. The highest BCUT2D eigenvalue weighted by Crippen LogP contribution is 2.35. The summed E-state index contributed by atoms with van der Waals surface area (Å²) in [5, 5.41) is 9.74. The van der Waals surface area contributed by atoms with Crippen LogP contribution >= 0.6 is 11.8 Å². The lowest BCUT2D eigenvalue weighted by atomic mass is 10.0. The molecule has 0 aliphatic rings. The fourth-order valence-corrected chi connectivity index (χ4v) is 2.10. The molecule has 6 heteroatoms. The number of hydrogen-bond donors (Lipinski definition) is 1. The third-order valence-corrected chi connectivity index (χ3v) is 3.19. The first-order valence-electron chi connectivity index (χ1n) is 5.23. The Bertz CT molecular complexity index is 357. The van der Waals surface area contributed by atoms with Gasteiger partial charge in [-0.05, 0) is 24.0 Å². The summed E-state index contributed by atoms with van der Waals surface area (Å²) in [7, 11) is 0. The highest BCUT2D eigenvalue weighted by Gasteiger charge is 2.34. The van der Waals surface area contributed by atoms with Gasteiger partial charge in [-0.15, -0.1) is 0 Å². The van der Waals surface area contributed by atoms with E-state index in [9.17, 15) is 18.3 Å². The molecule has 1 heterocycles. The van der Waals surface area contributed by atoms with E-state index >= 15 is 0 Å². The van der Waals surface area contributed by atoms with Gasteiger partial charge in [0.15, 0.2) is 0 Å². The molecule has 17 heavy (non-hydrogen) atoms. The number of aromatic nitrogens is 1. The van der Waals surface area contributed by atoms with Crippen molar-refractivity contribution in [3.8, 4) is 0 Å². The zero-order valence-electron chi connectivity index (χ0n) is 9.37. The van der Waals surface area contributed by atoms with E-state index in [1.807, 2.05) is 6.92 Å². The largest absolute Gasteiger partial charge is 0.416 e. The Balaban J connectivity index is 2.82. The Hall–Kier alpha value is -0.750. The van der Waals surface area contributed by atoms with Crippen LogP contribution in [-0.2, 0) is 6.18 Å². The molecule has 1 rings (SSSR count). The minimum Gasteiger partial charge on any atom is -0.388 e. The predicted molar refractivity (Wildman–Crippen MR) is 61.8 cm³/mol. The topological polar surface area (TPSA) is 33.1 Å². The highest BCUT2D eigenvalue weighted by atomic mass is 32.2. The molecule has 0 fully saturated rings. The van der Waals surface area contributed by atoms with Gasteiger partial charge in [-0.25, -0.2) is 0 Å². The molecule has 0 aromatic carbocycles. The second-order valence-electron chi connectivity index (χ2n) is 3.46. The van der Waals surface area contributed by atoms with Crippen molar-refractivity contribution in [1.82, 2.24) is 4.98 Å². The van der Waals surface area contributed by atoms with Gasteiger partial charge >= 0.3 is 6.18 Å². The van der Waals surface area contributed by atoms with Crippen molar-refractivity contribution >= 4 is 11.8 Å². The fourth-order valence-electron chi connectivity index (χ4n) is 1.43. The standard InChI is InChI=1S/C11H14F3NOS/c1-2-17-6-4-10(16)8-7-15-5-3-9(8)11(12,13)14/h3,5,7,10,16H,2,4,6H2,1H3. The summed E-state index contributed by atoms with van der Waals surface area (Å²) >= 11 is 1.58. The zero-order valence-corrected chi connectivity index (χ0v) is 10.2. The molecule has 0 radical (unpaired) electrons. The summed E-state index contributed by atoms with van der Waals surface area (Å²) in [5.41, 5.74) is -0.946. The Morgan fingerprint density at radius 3 is 2.76 bits per heavy atom. The first-order chi connectivity index (χ1) is 7.96. The van der Waals surface area contributed by atoms with Gasteiger partial charge in [-0.3, -0.25) is 4.98 Å². The summed E-state index contributed by atoms with van der Waals surface area (Å²) in [6, 6.07) is 0.894. The molecule has 1 aromatic heterocycles. The first kappa shape index (κ1) is 14.3. The third-order valence-electron chi connectivity index (χ3n) is 2.26. The van der Waals surface area contributed by atoms with Gasteiger partial charge in [-0.2, -0.15) is 24.9 Å². The highest BCUT2D eigenvalue weighted by molar-refractivity contribution is 7.99. The maximum Gasteiger partial charge on any atom is 0.416 e. The molecule has 0 saturated carbocycles. The summed E-state index contributed by atoms with van der Waals surface area (Å²) < 4.78 is 38.0. The van der Waals surface area contributed by atoms with Gasteiger partial charge in [0.2, 0.25) is 0 Å². The molecule has 0 amide bonds. The Kier molecular flexibility index (Phi) is 5.27. The molecule has 1 N–H and O–H groups in total. The molecule has 0 spiro atoms. The third kappa shape index (κ3) is 4.20. The molecule has 0 saturated heterocycles. The van der Waals surface area contributed by atoms with E-state index in [0.29, 0.717) is 12.2 Å². The Labute approximate surface area is 102 Å². The van der Waals surface area contributed by atoms with E-state index in [2.05, 4.69) is 4.98 Å².